The van der Waals surface area contributed by atoms with E-state index in [4.69, 9.17) is 4.42 Å². The number of carbonyl (C=O) groups is 2. The van der Waals surface area contributed by atoms with Crippen molar-refractivity contribution in [1.29, 1.82) is 0 Å². The Hall–Kier alpha value is -2.61. The summed E-state index contributed by atoms with van der Waals surface area (Å²) < 4.78 is 6.01. The maximum Gasteiger partial charge on any atom is 0.245 e. The summed E-state index contributed by atoms with van der Waals surface area (Å²) in [6.45, 7) is 0.674. The second-order valence-electron chi connectivity index (χ2n) is 5.69. The van der Waals surface area contributed by atoms with Crippen LogP contribution in [0.15, 0.2) is 50.6 Å². The van der Waals surface area contributed by atoms with Gasteiger partial charge in [0.1, 0.15) is 11.5 Å². The van der Waals surface area contributed by atoms with E-state index in [0.717, 1.165) is 4.47 Å². The predicted molar refractivity (Wildman–Crippen MR) is 93.8 cm³/mol. The Labute approximate surface area is 152 Å². The van der Waals surface area contributed by atoms with Crippen molar-refractivity contribution in [2.45, 2.75) is 13.0 Å². The predicted octanol–water partition coefficient (Wildman–Crippen LogP) is 2.25. The van der Waals surface area contributed by atoms with Crippen molar-refractivity contribution in [1.82, 2.24) is 10.3 Å². The molecule has 2 amide bonds. The van der Waals surface area contributed by atoms with Gasteiger partial charge in [-0.25, -0.2) is 5.43 Å². The lowest BCUT2D eigenvalue weighted by molar-refractivity contribution is -0.129. The van der Waals surface area contributed by atoms with Gasteiger partial charge < -0.3 is 14.4 Å². The number of benzene rings is 1. The zero-order valence-electron chi connectivity index (χ0n) is 13.2. The molecule has 2 N–H and O–H groups in total. The molecule has 7 nitrogen and oxygen atoms in total. The minimum Gasteiger partial charge on any atom is -0.507 e. The summed E-state index contributed by atoms with van der Waals surface area (Å²) in [5, 5.41) is 13.6. The first kappa shape index (κ1) is 17.2. The molecule has 1 aliphatic rings. The van der Waals surface area contributed by atoms with Crippen molar-refractivity contribution in [3.05, 3.63) is 52.4 Å². The number of amides is 2. The molecule has 0 radical (unpaired) electrons. The summed E-state index contributed by atoms with van der Waals surface area (Å²) in [6, 6.07) is 8.44. The molecule has 130 valence electrons. The van der Waals surface area contributed by atoms with Crippen LogP contribution < -0.4 is 5.43 Å². The number of aromatic hydroxyl groups is 1. The third kappa shape index (κ3) is 4.27. The highest BCUT2D eigenvalue weighted by Gasteiger charge is 2.34. The fourth-order valence-corrected chi connectivity index (χ4v) is 2.96. The van der Waals surface area contributed by atoms with E-state index in [2.05, 4.69) is 26.5 Å². The first-order chi connectivity index (χ1) is 12.0. The number of hydrazone groups is 1. The van der Waals surface area contributed by atoms with Gasteiger partial charge in [0.25, 0.3) is 0 Å². The zero-order chi connectivity index (χ0) is 17.8. The Morgan fingerprint density at radius 1 is 1.48 bits per heavy atom. The monoisotopic (exact) mass is 405 g/mol. The lowest BCUT2D eigenvalue weighted by atomic mass is 10.1. The van der Waals surface area contributed by atoms with E-state index in [0.29, 0.717) is 24.4 Å². The largest absolute Gasteiger partial charge is 0.507 e. The fourth-order valence-electron chi connectivity index (χ4n) is 2.58. The van der Waals surface area contributed by atoms with Gasteiger partial charge in [-0.1, -0.05) is 15.9 Å². The molecule has 1 atom stereocenters. The molecule has 1 aromatic carbocycles. The highest BCUT2D eigenvalue weighted by Crippen LogP contribution is 2.21. The Morgan fingerprint density at radius 2 is 2.32 bits per heavy atom. The van der Waals surface area contributed by atoms with Crippen LogP contribution in [0.5, 0.6) is 5.75 Å². The highest BCUT2D eigenvalue weighted by atomic mass is 79.9. The molecule has 3 rings (SSSR count). The highest BCUT2D eigenvalue weighted by molar-refractivity contribution is 9.10. The van der Waals surface area contributed by atoms with Gasteiger partial charge in [0.05, 0.1) is 24.9 Å². The lowest BCUT2D eigenvalue weighted by Gasteiger charge is -2.14. The number of phenolic OH excluding ortho intramolecular Hbond substituents is 1. The molecule has 0 aliphatic carbocycles. The summed E-state index contributed by atoms with van der Waals surface area (Å²) in [5.74, 6) is -0.152. The molecule has 1 fully saturated rings. The molecule has 0 spiro atoms. The van der Waals surface area contributed by atoms with E-state index in [1.165, 1.54) is 12.3 Å². The molecule has 0 bridgehead atoms. The van der Waals surface area contributed by atoms with Gasteiger partial charge in [-0.3, -0.25) is 9.59 Å². The normalized spacial score (nSPS) is 17.4. The quantitative estimate of drug-likeness (QED) is 0.588. The second-order valence-corrected chi connectivity index (χ2v) is 6.61. The minimum atomic E-state index is -0.462. The summed E-state index contributed by atoms with van der Waals surface area (Å²) in [7, 11) is 0. The van der Waals surface area contributed by atoms with Crippen molar-refractivity contribution >= 4 is 34.0 Å². The topological polar surface area (TPSA) is 95.1 Å². The summed E-state index contributed by atoms with van der Waals surface area (Å²) in [4.78, 5) is 25.8. The molecule has 25 heavy (non-hydrogen) atoms. The SMILES string of the molecule is O=C(N/N=C/c1cc(Br)ccc1O)C1CC(=O)N(Cc2ccco2)C1. The van der Waals surface area contributed by atoms with Crippen LogP contribution in [0, 0.1) is 5.92 Å². The number of hydrogen-bond donors (Lipinski definition) is 2. The Kier molecular flexibility index (Phi) is 5.18. The van der Waals surface area contributed by atoms with Gasteiger partial charge in [-0.15, -0.1) is 0 Å². The van der Waals surface area contributed by atoms with Gasteiger partial charge in [-0.05, 0) is 30.3 Å². The molecule has 8 heteroatoms. The Bertz CT molecular complexity index is 804. The molecule has 1 saturated heterocycles. The molecular formula is C17H16BrN3O4. The molecule has 2 heterocycles. The number of likely N-dealkylation sites (tertiary alicyclic amines) is 1. The zero-order valence-corrected chi connectivity index (χ0v) is 14.8. The lowest BCUT2D eigenvalue weighted by Crippen LogP contribution is -2.30. The van der Waals surface area contributed by atoms with E-state index in [1.54, 1.807) is 35.4 Å². The average Bonchev–Trinajstić information content (AvgIpc) is 3.21. The maximum absolute atomic E-state index is 12.2. The molecule has 1 aliphatic heterocycles. The number of nitrogens with zero attached hydrogens (tertiary/aromatic N) is 2. The van der Waals surface area contributed by atoms with Crippen LogP contribution in [-0.2, 0) is 16.1 Å². The maximum atomic E-state index is 12.2. The smallest absolute Gasteiger partial charge is 0.245 e. The van der Waals surface area contributed by atoms with E-state index >= 15 is 0 Å². The molecule has 1 unspecified atom stereocenters. The minimum absolute atomic E-state index is 0.0573. The fraction of sp³-hybridized carbons (Fsp3) is 0.235. The van der Waals surface area contributed by atoms with Crippen molar-refractivity contribution < 1.29 is 19.1 Å². The number of rotatable bonds is 5. The van der Waals surface area contributed by atoms with Gasteiger partial charge >= 0.3 is 0 Å². The van der Waals surface area contributed by atoms with E-state index in [-0.39, 0.29) is 24.0 Å². The molecular weight excluding hydrogens is 390 g/mol. The number of carbonyl (C=O) groups excluding carboxylic acids is 2. The van der Waals surface area contributed by atoms with Crippen LogP contribution in [0.2, 0.25) is 0 Å². The molecule has 1 aromatic heterocycles. The van der Waals surface area contributed by atoms with Crippen LogP contribution in [0.4, 0.5) is 0 Å². The number of furan rings is 1. The third-order valence-corrected chi connectivity index (χ3v) is 4.37. The Morgan fingerprint density at radius 3 is 3.08 bits per heavy atom. The number of phenols is 1. The third-order valence-electron chi connectivity index (χ3n) is 3.88. The first-order valence-corrected chi connectivity index (χ1v) is 8.44. The summed E-state index contributed by atoms with van der Waals surface area (Å²) in [6.07, 6.45) is 3.05. The van der Waals surface area contributed by atoms with Gasteiger partial charge in [0, 0.05) is 23.0 Å². The van der Waals surface area contributed by atoms with Crippen molar-refractivity contribution in [3.63, 3.8) is 0 Å². The molecule has 2 aromatic rings. The number of nitrogens with one attached hydrogen (secondary N) is 1. The van der Waals surface area contributed by atoms with Gasteiger partial charge in [0.15, 0.2) is 0 Å². The Balaban J connectivity index is 1.56. The van der Waals surface area contributed by atoms with Crippen molar-refractivity contribution in [2.75, 3.05) is 6.54 Å². The van der Waals surface area contributed by atoms with E-state index in [9.17, 15) is 14.7 Å². The summed E-state index contributed by atoms with van der Waals surface area (Å²) in [5.41, 5.74) is 2.89. The number of hydrogen-bond acceptors (Lipinski definition) is 5. The first-order valence-electron chi connectivity index (χ1n) is 7.64. The van der Waals surface area contributed by atoms with Crippen molar-refractivity contribution in [3.8, 4) is 5.75 Å². The van der Waals surface area contributed by atoms with Gasteiger partial charge in [0.2, 0.25) is 11.8 Å². The molecule has 0 saturated carbocycles. The van der Waals surface area contributed by atoms with E-state index in [1.807, 2.05) is 0 Å². The van der Waals surface area contributed by atoms with Crippen molar-refractivity contribution in [2.24, 2.45) is 11.0 Å². The van der Waals surface area contributed by atoms with Crippen LogP contribution in [0.1, 0.15) is 17.7 Å². The summed E-state index contributed by atoms with van der Waals surface area (Å²) >= 11 is 3.30. The standard InChI is InChI=1S/C17H16BrN3O4/c18-13-3-4-15(22)11(6-13)8-19-20-17(24)12-7-16(23)21(9-12)10-14-2-1-5-25-14/h1-6,8,12,22H,7,9-10H2,(H,20,24)/b19-8+. The van der Waals surface area contributed by atoms with E-state index < -0.39 is 5.92 Å². The van der Waals surface area contributed by atoms with Crippen LogP contribution in [0.3, 0.4) is 0 Å². The average molecular weight is 406 g/mol. The van der Waals surface area contributed by atoms with Crippen LogP contribution >= 0.6 is 15.9 Å². The van der Waals surface area contributed by atoms with Crippen LogP contribution in [0.25, 0.3) is 0 Å². The van der Waals surface area contributed by atoms with Crippen LogP contribution in [-0.4, -0.2) is 34.6 Å². The second kappa shape index (κ2) is 7.52. The van der Waals surface area contributed by atoms with Gasteiger partial charge in [-0.2, -0.15) is 5.10 Å². The number of halogens is 1.